The van der Waals surface area contributed by atoms with Crippen LogP contribution in [0.3, 0.4) is 0 Å². The molecule has 12 heavy (non-hydrogen) atoms. The Kier molecular flexibility index (Phi) is 4.59. The predicted octanol–water partition coefficient (Wildman–Crippen LogP) is 4.13. The van der Waals surface area contributed by atoms with Gasteiger partial charge in [0.2, 0.25) is 0 Å². The van der Waals surface area contributed by atoms with E-state index in [0.29, 0.717) is 11.8 Å². The van der Waals surface area contributed by atoms with Gasteiger partial charge in [-0.25, -0.2) is 0 Å². The molecule has 2 unspecified atom stereocenters. The van der Waals surface area contributed by atoms with Crippen LogP contribution < -0.4 is 0 Å². The molecule has 0 aromatic carbocycles. The van der Waals surface area contributed by atoms with Crippen molar-refractivity contribution in [2.45, 2.75) is 41.5 Å². The van der Waals surface area contributed by atoms with Crippen molar-refractivity contribution in [3.05, 3.63) is 12.2 Å². The molecule has 0 saturated carbocycles. The molecule has 0 heteroatoms. The van der Waals surface area contributed by atoms with Gasteiger partial charge in [0.25, 0.3) is 0 Å². The molecule has 0 rings (SSSR count). The largest absolute Gasteiger partial charge is 0.0993 e. The third-order valence-corrected chi connectivity index (χ3v) is 3.17. The molecular weight excluding hydrogens is 144 g/mol. The standard InChI is InChI=1S/C12H24/c1-8(2)10(5)12(7)11(6)9(3)4/h8-11H,7H2,1-6H3. The minimum Gasteiger partial charge on any atom is -0.0993 e. The van der Waals surface area contributed by atoms with E-state index in [2.05, 4.69) is 48.1 Å². The van der Waals surface area contributed by atoms with Crippen LogP contribution >= 0.6 is 0 Å². The third-order valence-electron chi connectivity index (χ3n) is 3.17. The van der Waals surface area contributed by atoms with E-state index in [-0.39, 0.29) is 0 Å². The van der Waals surface area contributed by atoms with Crippen LogP contribution in [0.25, 0.3) is 0 Å². The van der Waals surface area contributed by atoms with Crippen LogP contribution in [0.2, 0.25) is 0 Å². The SMILES string of the molecule is C=C(C(C)C(C)C)C(C)C(C)C. The summed E-state index contributed by atoms with van der Waals surface area (Å²) < 4.78 is 0. The van der Waals surface area contributed by atoms with Gasteiger partial charge in [0, 0.05) is 0 Å². The summed E-state index contributed by atoms with van der Waals surface area (Å²) in [6.45, 7) is 17.8. The first kappa shape index (κ1) is 11.7. The maximum Gasteiger partial charge on any atom is -0.0208 e. The summed E-state index contributed by atoms with van der Waals surface area (Å²) in [5, 5.41) is 0. The van der Waals surface area contributed by atoms with Crippen molar-refractivity contribution < 1.29 is 0 Å². The maximum absolute atomic E-state index is 4.20. The van der Waals surface area contributed by atoms with Crippen LogP contribution in [-0.2, 0) is 0 Å². The van der Waals surface area contributed by atoms with Crippen LogP contribution in [0.15, 0.2) is 12.2 Å². The van der Waals surface area contributed by atoms with E-state index in [0.717, 1.165) is 11.8 Å². The van der Waals surface area contributed by atoms with Crippen LogP contribution in [0, 0.1) is 23.7 Å². The van der Waals surface area contributed by atoms with E-state index in [1.54, 1.807) is 0 Å². The van der Waals surface area contributed by atoms with Crippen LogP contribution in [-0.4, -0.2) is 0 Å². The molecule has 0 aliphatic carbocycles. The molecule has 0 aliphatic rings. The van der Waals surface area contributed by atoms with Gasteiger partial charge in [-0.2, -0.15) is 0 Å². The van der Waals surface area contributed by atoms with Gasteiger partial charge in [-0.15, -0.1) is 0 Å². The van der Waals surface area contributed by atoms with E-state index in [1.807, 2.05) is 0 Å². The summed E-state index contributed by atoms with van der Waals surface area (Å²) in [4.78, 5) is 0. The molecule has 0 N–H and O–H groups in total. The maximum atomic E-state index is 4.20. The highest BCUT2D eigenvalue weighted by atomic mass is 14.2. The molecule has 0 amide bonds. The normalized spacial score (nSPS) is 16.7. The third kappa shape index (κ3) is 3.00. The zero-order chi connectivity index (χ0) is 9.89. The molecule has 0 saturated heterocycles. The molecule has 0 aliphatic heterocycles. The van der Waals surface area contributed by atoms with Gasteiger partial charge in [0.15, 0.2) is 0 Å². The second-order valence-corrected chi connectivity index (χ2v) is 4.64. The summed E-state index contributed by atoms with van der Waals surface area (Å²) in [6, 6.07) is 0. The molecule has 0 nitrogen and oxygen atoms in total. The minimum atomic E-state index is 0.655. The fraction of sp³-hybridized carbons (Fsp3) is 0.833. The lowest BCUT2D eigenvalue weighted by Gasteiger charge is -2.26. The number of rotatable bonds is 4. The highest BCUT2D eigenvalue weighted by Crippen LogP contribution is 2.28. The molecular formula is C12H24. The Balaban J connectivity index is 4.19. The fourth-order valence-electron chi connectivity index (χ4n) is 1.27. The Morgan fingerprint density at radius 3 is 1.17 bits per heavy atom. The Morgan fingerprint density at radius 1 is 0.750 bits per heavy atom. The highest BCUT2D eigenvalue weighted by molar-refractivity contribution is 5.05. The van der Waals surface area contributed by atoms with Crippen molar-refractivity contribution in [3.8, 4) is 0 Å². The van der Waals surface area contributed by atoms with Crippen molar-refractivity contribution in [3.63, 3.8) is 0 Å². The van der Waals surface area contributed by atoms with Gasteiger partial charge in [-0.1, -0.05) is 53.7 Å². The zero-order valence-electron chi connectivity index (χ0n) is 9.52. The van der Waals surface area contributed by atoms with E-state index in [1.165, 1.54) is 5.57 Å². The Bertz CT molecular complexity index is 126. The lowest BCUT2D eigenvalue weighted by Crippen LogP contribution is -2.16. The van der Waals surface area contributed by atoms with Crippen molar-refractivity contribution in [2.75, 3.05) is 0 Å². The quantitative estimate of drug-likeness (QED) is 0.554. The van der Waals surface area contributed by atoms with Gasteiger partial charge >= 0.3 is 0 Å². The van der Waals surface area contributed by atoms with E-state index < -0.39 is 0 Å². The van der Waals surface area contributed by atoms with E-state index in [4.69, 9.17) is 0 Å². The first-order valence-corrected chi connectivity index (χ1v) is 5.06. The Hall–Kier alpha value is -0.260. The predicted molar refractivity (Wildman–Crippen MR) is 57.1 cm³/mol. The molecule has 2 atom stereocenters. The molecule has 0 aromatic rings. The van der Waals surface area contributed by atoms with Gasteiger partial charge in [-0.05, 0) is 23.7 Å². The van der Waals surface area contributed by atoms with Crippen molar-refractivity contribution in [1.29, 1.82) is 0 Å². The van der Waals surface area contributed by atoms with Crippen LogP contribution in [0.5, 0.6) is 0 Å². The summed E-state index contributed by atoms with van der Waals surface area (Å²) in [6.07, 6.45) is 0. The minimum absolute atomic E-state index is 0.655. The summed E-state index contributed by atoms with van der Waals surface area (Å²) in [5.41, 5.74) is 1.42. The lowest BCUT2D eigenvalue weighted by atomic mass is 9.80. The van der Waals surface area contributed by atoms with Crippen LogP contribution in [0.4, 0.5) is 0 Å². The second-order valence-electron chi connectivity index (χ2n) is 4.64. The Labute approximate surface area is 78.1 Å². The molecule has 0 bridgehead atoms. The van der Waals surface area contributed by atoms with Crippen LogP contribution in [0.1, 0.15) is 41.5 Å². The summed E-state index contributed by atoms with van der Waals surface area (Å²) >= 11 is 0. The molecule has 0 spiro atoms. The van der Waals surface area contributed by atoms with Gasteiger partial charge < -0.3 is 0 Å². The summed E-state index contributed by atoms with van der Waals surface area (Å²) in [5.74, 6) is 2.75. The molecule has 72 valence electrons. The molecule has 0 aromatic heterocycles. The van der Waals surface area contributed by atoms with Gasteiger partial charge in [0.1, 0.15) is 0 Å². The average molecular weight is 168 g/mol. The fourth-order valence-corrected chi connectivity index (χ4v) is 1.27. The first-order valence-electron chi connectivity index (χ1n) is 5.06. The van der Waals surface area contributed by atoms with E-state index >= 15 is 0 Å². The molecule has 0 heterocycles. The van der Waals surface area contributed by atoms with E-state index in [9.17, 15) is 0 Å². The smallest absolute Gasteiger partial charge is 0.0208 e. The summed E-state index contributed by atoms with van der Waals surface area (Å²) in [7, 11) is 0. The van der Waals surface area contributed by atoms with Crippen molar-refractivity contribution >= 4 is 0 Å². The monoisotopic (exact) mass is 168 g/mol. The lowest BCUT2D eigenvalue weighted by molar-refractivity contribution is 0.385. The number of hydrogen-bond acceptors (Lipinski definition) is 0. The number of allylic oxidation sites excluding steroid dienone is 1. The van der Waals surface area contributed by atoms with Gasteiger partial charge in [-0.3, -0.25) is 0 Å². The zero-order valence-corrected chi connectivity index (χ0v) is 9.52. The molecule has 0 radical (unpaired) electrons. The number of hydrogen-bond donors (Lipinski definition) is 0. The first-order chi connectivity index (χ1) is 5.37. The average Bonchev–Trinajstić information content (AvgIpc) is 2.00. The van der Waals surface area contributed by atoms with Crippen molar-refractivity contribution in [2.24, 2.45) is 23.7 Å². The Morgan fingerprint density at radius 2 is 1.00 bits per heavy atom. The van der Waals surface area contributed by atoms with Gasteiger partial charge in [0.05, 0.1) is 0 Å². The second kappa shape index (κ2) is 4.69. The molecule has 0 fully saturated rings. The van der Waals surface area contributed by atoms with Crippen molar-refractivity contribution in [1.82, 2.24) is 0 Å². The highest BCUT2D eigenvalue weighted by Gasteiger charge is 2.18. The topological polar surface area (TPSA) is 0 Å².